The van der Waals surface area contributed by atoms with Crippen LogP contribution in [0.25, 0.3) is 11.3 Å². The molecule has 4 heteroatoms. The molecule has 0 radical (unpaired) electrons. The summed E-state index contributed by atoms with van der Waals surface area (Å²) in [6.45, 7) is 6.11. The summed E-state index contributed by atoms with van der Waals surface area (Å²) in [6, 6.07) is 13.6. The van der Waals surface area contributed by atoms with Gasteiger partial charge in [0.05, 0.1) is 10.7 Å². The first-order valence-corrected chi connectivity index (χ1v) is 8.88. The highest BCUT2D eigenvalue weighted by Gasteiger charge is 2.09. The highest BCUT2D eigenvalue weighted by atomic mass is 32.1. The van der Waals surface area contributed by atoms with Crippen molar-refractivity contribution in [1.29, 1.82) is 0 Å². The molecule has 0 saturated heterocycles. The van der Waals surface area contributed by atoms with E-state index in [4.69, 9.17) is 0 Å². The van der Waals surface area contributed by atoms with Gasteiger partial charge in [-0.05, 0) is 49.6 Å². The topological polar surface area (TPSA) is 42.0 Å². The molecule has 0 aliphatic carbocycles. The van der Waals surface area contributed by atoms with E-state index in [2.05, 4.69) is 22.6 Å². The van der Waals surface area contributed by atoms with E-state index < -0.39 is 0 Å². The third-order valence-corrected chi connectivity index (χ3v) is 4.93. The average Bonchev–Trinajstić information content (AvgIpc) is 3.07. The Balaban J connectivity index is 1.77. The zero-order valence-corrected chi connectivity index (χ0v) is 14.9. The van der Waals surface area contributed by atoms with Crippen molar-refractivity contribution in [2.75, 3.05) is 5.32 Å². The van der Waals surface area contributed by atoms with Crippen LogP contribution in [0.2, 0.25) is 0 Å². The lowest BCUT2D eigenvalue weighted by Crippen LogP contribution is -2.12. The van der Waals surface area contributed by atoms with Crippen molar-refractivity contribution in [3.05, 3.63) is 69.5 Å². The Bertz CT molecular complexity index is 866. The summed E-state index contributed by atoms with van der Waals surface area (Å²) in [4.78, 5) is 17.0. The Morgan fingerprint density at radius 3 is 2.54 bits per heavy atom. The first kappa shape index (κ1) is 16.4. The highest BCUT2D eigenvalue weighted by molar-refractivity contribution is 7.09. The molecule has 0 saturated carbocycles. The van der Waals surface area contributed by atoms with E-state index >= 15 is 0 Å². The maximum absolute atomic E-state index is 12.5. The van der Waals surface area contributed by atoms with Gasteiger partial charge in [-0.1, -0.05) is 31.2 Å². The molecule has 3 rings (SSSR count). The first-order valence-electron chi connectivity index (χ1n) is 8.00. The first-order chi connectivity index (χ1) is 11.6. The number of nitrogens with zero attached hydrogens (tertiary/aromatic N) is 1. The molecule has 1 amide bonds. The average molecular weight is 336 g/mol. The Morgan fingerprint density at radius 1 is 1.12 bits per heavy atom. The SMILES string of the molecule is CCc1nc(-c2ccc(C(=O)Nc3cc(C)ccc3C)cc2)cs1. The van der Waals surface area contributed by atoms with Gasteiger partial charge in [0, 0.05) is 22.2 Å². The lowest BCUT2D eigenvalue weighted by atomic mass is 10.1. The Morgan fingerprint density at radius 2 is 1.88 bits per heavy atom. The number of carbonyl (C=O) groups is 1. The van der Waals surface area contributed by atoms with Crippen LogP contribution in [0.5, 0.6) is 0 Å². The number of aromatic nitrogens is 1. The zero-order valence-electron chi connectivity index (χ0n) is 14.1. The Kier molecular flexibility index (Phi) is 4.76. The van der Waals surface area contributed by atoms with Crippen LogP contribution in [-0.4, -0.2) is 10.9 Å². The maximum atomic E-state index is 12.5. The summed E-state index contributed by atoms with van der Waals surface area (Å²) in [5, 5.41) is 6.17. The molecule has 0 aliphatic heterocycles. The zero-order chi connectivity index (χ0) is 17.1. The van der Waals surface area contributed by atoms with Crippen LogP contribution in [0.15, 0.2) is 47.8 Å². The second kappa shape index (κ2) is 6.97. The van der Waals surface area contributed by atoms with Crippen LogP contribution < -0.4 is 5.32 Å². The van der Waals surface area contributed by atoms with E-state index in [-0.39, 0.29) is 5.91 Å². The van der Waals surface area contributed by atoms with Gasteiger partial charge in [0.1, 0.15) is 0 Å². The van der Waals surface area contributed by atoms with Crippen LogP contribution in [0, 0.1) is 13.8 Å². The Labute approximate surface area is 146 Å². The summed E-state index contributed by atoms with van der Waals surface area (Å²) in [5.74, 6) is -0.0947. The molecule has 24 heavy (non-hydrogen) atoms. The molecule has 0 bridgehead atoms. The number of amides is 1. The van der Waals surface area contributed by atoms with E-state index in [1.807, 2.05) is 56.3 Å². The summed E-state index contributed by atoms with van der Waals surface area (Å²) >= 11 is 1.67. The predicted molar refractivity (Wildman–Crippen MR) is 101 cm³/mol. The van der Waals surface area contributed by atoms with Crippen LogP contribution in [0.3, 0.4) is 0 Å². The molecule has 0 fully saturated rings. The van der Waals surface area contributed by atoms with E-state index in [9.17, 15) is 4.79 Å². The van der Waals surface area contributed by atoms with E-state index in [0.717, 1.165) is 39.5 Å². The minimum Gasteiger partial charge on any atom is -0.322 e. The van der Waals surface area contributed by atoms with Gasteiger partial charge < -0.3 is 5.32 Å². The lowest BCUT2D eigenvalue weighted by molar-refractivity contribution is 0.102. The quantitative estimate of drug-likeness (QED) is 0.708. The lowest BCUT2D eigenvalue weighted by Gasteiger charge is -2.09. The van der Waals surface area contributed by atoms with E-state index in [1.165, 1.54) is 0 Å². The number of benzene rings is 2. The van der Waals surface area contributed by atoms with E-state index in [0.29, 0.717) is 5.56 Å². The van der Waals surface area contributed by atoms with Gasteiger partial charge >= 0.3 is 0 Å². The van der Waals surface area contributed by atoms with Crippen LogP contribution >= 0.6 is 11.3 Å². The van der Waals surface area contributed by atoms with Crippen molar-refractivity contribution in [2.45, 2.75) is 27.2 Å². The molecule has 1 heterocycles. The molecular weight excluding hydrogens is 316 g/mol. The number of hydrogen-bond donors (Lipinski definition) is 1. The van der Waals surface area contributed by atoms with Crippen molar-refractivity contribution < 1.29 is 4.79 Å². The highest BCUT2D eigenvalue weighted by Crippen LogP contribution is 2.23. The smallest absolute Gasteiger partial charge is 0.255 e. The molecule has 0 aliphatic rings. The predicted octanol–water partition coefficient (Wildman–Crippen LogP) is 5.24. The van der Waals surface area contributed by atoms with Crippen LogP contribution in [-0.2, 0) is 6.42 Å². The molecule has 3 nitrogen and oxygen atoms in total. The van der Waals surface area contributed by atoms with Gasteiger partial charge in [0.2, 0.25) is 0 Å². The number of rotatable bonds is 4. The standard InChI is InChI=1S/C20H20N2OS/c1-4-19-21-18(12-24-19)15-7-9-16(10-8-15)20(23)22-17-11-13(2)5-6-14(17)3/h5-12H,4H2,1-3H3,(H,22,23). The number of thiazole rings is 1. The minimum atomic E-state index is -0.0947. The molecule has 1 N–H and O–H groups in total. The summed E-state index contributed by atoms with van der Waals surface area (Å²) in [5.41, 5.74) is 5.69. The molecule has 122 valence electrons. The summed E-state index contributed by atoms with van der Waals surface area (Å²) < 4.78 is 0. The van der Waals surface area contributed by atoms with Gasteiger partial charge in [-0.2, -0.15) is 0 Å². The largest absolute Gasteiger partial charge is 0.322 e. The van der Waals surface area contributed by atoms with E-state index in [1.54, 1.807) is 11.3 Å². The minimum absolute atomic E-state index is 0.0947. The monoisotopic (exact) mass is 336 g/mol. The summed E-state index contributed by atoms with van der Waals surface area (Å²) in [6.07, 6.45) is 0.945. The van der Waals surface area contributed by atoms with Gasteiger partial charge in [0.15, 0.2) is 0 Å². The number of aryl methyl sites for hydroxylation is 3. The van der Waals surface area contributed by atoms with Gasteiger partial charge in [0.25, 0.3) is 5.91 Å². The Hall–Kier alpha value is -2.46. The van der Waals surface area contributed by atoms with Crippen LogP contribution in [0.1, 0.15) is 33.4 Å². The van der Waals surface area contributed by atoms with Crippen molar-refractivity contribution in [3.63, 3.8) is 0 Å². The fourth-order valence-corrected chi connectivity index (χ4v) is 3.22. The second-order valence-electron chi connectivity index (χ2n) is 5.83. The number of hydrogen-bond acceptors (Lipinski definition) is 3. The number of carbonyl (C=O) groups excluding carboxylic acids is 1. The number of nitrogens with one attached hydrogen (secondary N) is 1. The van der Waals surface area contributed by atoms with Gasteiger partial charge in [-0.3, -0.25) is 4.79 Å². The third kappa shape index (κ3) is 3.54. The molecule has 0 spiro atoms. The molecule has 2 aromatic carbocycles. The molecule has 0 unspecified atom stereocenters. The van der Waals surface area contributed by atoms with Crippen LogP contribution in [0.4, 0.5) is 5.69 Å². The van der Waals surface area contributed by atoms with Crippen molar-refractivity contribution in [1.82, 2.24) is 4.98 Å². The fraction of sp³-hybridized carbons (Fsp3) is 0.200. The number of anilines is 1. The molecule has 1 aromatic heterocycles. The van der Waals surface area contributed by atoms with Gasteiger partial charge in [-0.25, -0.2) is 4.98 Å². The molecular formula is C20H20N2OS. The normalized spacial score (nSPS) is 10.6. The fourth-order valence-electron chi connectivity index (χ4n) is 2.46. The van der Waals surface area contributed by atoms with Crippen molar-refractivity contribution in [2.24, 2.45) is 0 Å². The summed E-state index contributed by atoms with van der Waals surface area (Å²) in [7, 11) is 0. The molecule has 0 atom stereocenters. The van der Waals surface area contributed by atoms with Gasteiger partial charge in [-0.15, -0.1) is 11.3 Å². The van der Waals surface area contributed by atoms with Crippen molar-refractivity contribution >= 4 is 22.9 Å². The van der Waals surface area contributed by atoms with Crippen molar-refractivity contribution in [3.8, 4) is 11.3 Å². The molecule has 3 aromatic rings. The maximum Gasteiger partial charge on any atom is 0.255 e. The third-order valence-electron chi connectivity index (χ3n) is 3.94. The second-order valence-corrected chi connectivity index (χ2v) is 6.77.